The topological polar surface area (TPSA) is 88.2 Å². The number of hydrogen-bond acceptors (Lipinski definition) is 5. The molecule has 1 atom stereocenters. The maximum Gasteiger partial charge on any atom is 0.325 e. The summed E-state index contributed by atoms with van der Waals surface area (Å²) in [6.45, 7) is 2.59. The van der Waals surface area contributed by atoms with Crippen LogP contribution in [0.4, 0.5) is 4.79 Å². The molecule has 0 aromatic heterocycles. The van der Waals surface area contributed by atoms with Crippen molar-refractivity contribution in [2.45, 2.75) is 95.2 Å². The van der Waals surface area contributed by atoms with Crippen molar-refractivity contribution >= 4 is 17.8 Å². The lowest BCUT2D eigenvalue weighted by Gasteiger charge is -2.42. The molecule has 0 radical (unpaired) electrons. The second kappa shape index (κ2) is 10.1. The van der Waals surface area contributed by atoms with Crippen molar-refractivity contribution in [2.24, 2.45) is 0 Å². The second-order valence-corrected chi connectivity index (χ2v) is 10.5. The van der Waals surface area contributed by atoms with Gasteiger partial charge in [0.2, 0.25) is 5.91 Å². The molecule has 2 saturated carbocycles. The van der Waals surface area contributed by atoms with Crippen molar-refractivity contribution < 1.29 is 23.9 Å². The third kappa shape index (κ3) is 4.71. The van der Waals surface area contributed by atoms with E-state index in [0.29, 0.717) is 30.3 Å². The second-order valence-electron chi connectivity index (χ2n) is 10.5. The number of fused-ring (bicyclic) bond motifs is 1. The first-order chi connectivity index (χ1) is 17.0. The molecule has 1 saturated heterocycles. The van der Waals surface area contributed by atoms with Gasteiger partial charge in [0.15, 0.2) is 11.5 Å². The van der Waals surface area contributed by atoms with E-state index >= 15 is 0 Å². The van der Waals surface area contributed by atoms with Crippen LogP contribution in [-0.2, 0) is 15.1 Å². The van der Waals surface area contributed by atoms with Gasteiger partial charge in [-0.1, -0.05) is 44.6 Å². The van der Waals surface area contributed by atoms with Crippen molar-refractivity contribution in [3.63, 3.8) is 0 Å². The number of rotatable bonds is 5. The van der Waals surface area contributed by atoms with Crippen LogP contribution >= 0.6 is 0 Å². The highest BCUT2D eigenvalue weighted by atomic mass is 16.5. The zero-order valence-electron chi connectivity index (χ0n) is 20.7. The maximum absolute atomic E-state index is 13.7. The van der Waals surface area contributed by atoms with Crippen molar-refractivity contribution in [3.05, 3.63) is 23.8 Å². The number of ether oxygens (including phenoxy) is 2. The van der Waals surface area contributed by atoms with Gasteiger partial charge in [-0.3, -0.25) is 14.5 Å². The van der Waals surface area contributed by atoms with E-state index in [1.165, 1.54) is 12.8 Å². The molecule has 35 heavy (non-hydrogen) atoms. The molecular weight excluding hydrogens is 446 g/mol. The Balaban J connectivity index is 1.35. The van der Waals surface area contributed by atoms with Crippen molar-refractivity contribution in [1.82, 2.24) is 15.1 Å². The van der Waals surface area contributed by atoms with Crippen molar-refractivity contribution in [2.75, 3.05) is 19.8 Å². The number of benzene rings is 1. The van der Waals surface area contributed by atoms with E-state index in [1.807, 2.05) is 0 Å². The van der Waals surface area contributed by atoms with Crippen LogP contribution in [-0.4, -0.2) is 59.5 Å². The molecule has 1 aromatic rings. The van der Waals surface area contributed by atoms with E-state index in [0.717, 1.165) is 62.7 Å². The van der Waals surface area contributed by atoms with Gasteiger partial charge < -0.3 is 19.7 Å². The lowest BCUT2D eigenvalue weighted by molar-refractivity contribution is -0.143. The smallest absolute Gasteiger partial charge is 0.325 e. The Bertz CT molecular complexity index is 952. The predicted octanol–water partition coefficient (Wildman–Crippen LogP) is 4.11. The normalized spacial score (nSPS) is 25.8. The van der Waals surface area contributed by atoms with E-state index in [-0.39, 0.29) is 24.5 Å². The quantitative estimate of drug-likeness (QED) is 0.637. The standard InChI is InChI=1S/C27H37N3O5/c1-27(19-13-14-22-23(17-19)35-16-8-15-34-22)25(32)29(26(33)28-27)18-24(31)30(20-9-4-2-5-10-20)21-11-6-3-7-12-21/h13-14,17,20-21H,2-12,15-16,18H2,1H3,(H,28,33). The summed E-state index contributed by atoms with van der Waals surface area (Å²) in [4.78, 5) is 43.4. The third-order valence-corrected chi connectivity index (χ3v) is 8.12. The van der Waals surface area contributed by atoms with E-state index in [9.17, 15) is 14.4 Å². The molecule has 1 N–H and O–H groups in total. The van der Waals surface area contributed by atoms with Crippen LogP contribution in [0.1, 0.15) is 83.1 Å². The number of carbonyl (C=O) groups is 3. The maximum atomic E-state index is 13.7. The van der Waals surface area contributed by atoms with Crippen molar-refractivity contribution in [3.8, 4) is 11.5 Å². The van der Waals surface area contributed by atoms with E-state index < -0.39 is 17.5 Å². The number of amides is 4. The summed E-state index contributed by atoms with van der Waals surface area (Å²) in [5, 5.41) is 2.84. The Morgan fingerprint density at radius 2 is 1.54 bits per heavy atom. The van der Waals surface area contributed by atoms with E-state index in [2.05, 4.69) is 10.2 Å². The number of urea groups is 1. The minimum absolute atomic E-state index is 0.102. The highest BCUT2D eigenvalue weighted by molar-refractivity contribution is 6.09. The number of carbonyl (C=O) groups excluding carboxylic acids is 3. The zero-order valence-corrected chi connectivity index (χ0v) is 20.7. The number of nitrogens with one attached hydrogen (secondary N) is 1. The molecule has 3 fully saturated rings. The Morgan fingerprint density at radius 3 is 2.17 bits per heavy atom. The van der Waals surface area contributed by atoms with Gasteiger partial charge in [0.1, 0.15) is 12.1 Å². The number of imide groups is 1. The summed E-state index contributed by atoms with van der Waals surface area (Å²) in [5.74, 6) is 0.695. The molecule has 2 aliphatic heterocycles. The molecule has 4 aliphatic rings. The van der Waals surface area contributed by atoms with Crippen LogP contribution in [0.25, 0.3) is 0 Å². The van der Waals surface area contributed by atoms with Crippen LogP contribution in [0.3, 0.4) is 0 Å². The molecule has 5 rings (SSSR count). The van der Waals surface area contributed by atoms with Gasteiger partial charge in [-0.2, -0.15) is 0 Å². The van der Waals surface area contributed by atoms with Gasteiger partial charge in [-0.25, -0.2) is 4.79 Å². The Labute approximate surface area is 207 Å². The first kappa shape index (κ1) is 23.9. The van der Waals surface area contributed by atoms with Crippen molar-refractivity contribution in [1.29, 1.82) is 0 Å². The van der Waals surface area contributed by atoms with Crippen LogP contribution in [0.15, 0.2) is 18.2 Å². The van der Waals surface area contributed by atoms with Crippen LogP contribution in [0.5, 0.6) is 11.5 Å². The molecule has 8 heteroatoms. The fourth-order valence-corrected chi connectivity index (χ4v) is 6.15. The van der Waals surface area contributed by atoms with E-state index in [1.54, 1.807) is 25.1 Å². The monoisotopic (exact) mass is 483 g/mol. The lowest BCUT2D eigenvalue weighted by Crippen LogP contribution is -2.53. The SMILES string of the molecule is CC1(c2ccc3c(c2)OCCCO3)NC(=O)N(CC(=O)N(C2CCCCC2)C2CCCCC2)C1=O. The summed E-state index contributed by atoms with van der Waals surface area (Å²) >= 11 is 0. The molecular formula is C27H37N3O5. The molecule has 0 spiro atoms. The molecule has 8 nitrogen and oxygen atoms in total. The van der Waals surface area contributed by atoms with Crippen LogP contribution < -0.4 is 14.8 Å². The number of nitrogens with zero attached hydrogens (tertiary/aromatic N) is 2. The average Bonchev–Trinajstić information content (AvgIpc) is 3.03. The van der Waals surface area contributed by atoms with Gasteiger partial charge in [0.25, 0.3) is 5.91 Å². The van der Waals surface area contributed by atoms with Crippen LogP contribution in [0, 0.1) is 0 Å². The van der Waals surface area contributed by atoms with Gasteiger partial charge in [-0.15, -0.1) is 0 Å². The number of hydrogen-bond donors (Lipinski definition) is 1. The van der Waals surface area contributed by atoms with Crippen LogP contribution in [0.2, 0.25) is 0 Å². The predicted molar refractivity (Wildman–Crippen MR) is 130 cm³/mol. The van der Waals surface area contributed by atoms with Gasteiger partial charge in [0, 0.05) is 18.5 Å². The summed E-state index contributed by atoms with van der Waals surface area (Å²) in [6, 6.07) is 5.24. The summed E-state index contributed by atoms with van der Waals surface area (Å²) in [5.41, 5.74) is -0.644. The Kier molecular flexibility index (Phi) is 6.89. The molecule has 190 valence electrons. The lowest BCUT2D eigenvalue weighted by atomic mass is 9.88. The van der Waals surface area contributed by atoms with E-state index in [4.69, 9.17) is 9.47 Å². The molecule has 0 bridgehead atoms. The zero-order chi connectivity index (χ0) is 24.4. The van der Waals surface area contributed by atoms with Gasteiger partial charge >= 0.3 is 6.03 Å². The fraction of sp³-hybridized carbons (Fsp3) is 0.667. The largest absolute Gasteiger partial charge is 0.490 e. The fourth-order valence-electron chi connectivity index (χ4n) is 6.15. The highest BCUT2D eigenvalue weighted by Crippen LogP contribution is 2.37. The third-order valence-electron chi connectivity index (χ3n) is 8.12. The minimum Gasteiger partial charge on any atom is -0.490 e. The Morgan fingerprint density at radius 1 is 0.943 bits per heavy atom. The molecule has 1 unspecified atom stereocenters. The minimum atomic E-state index is -1.26. The summed E-state index contributed by atoms with van der Waals surface area (Å²) < 4.78 is 11.5. The van der Waals surface area contributed by atoms with Gasteiger partial charge in [0.05, 0.1) is 13.2 Å². The summed E-state index contributed by atoms with van der Waals surface area (Å²) in [6.07, 6.45) is 11.8. The first-order valence-corrected chi connectivity index (χ1v) is 13.3. The first-order valence-electron chi connectivity index (χ1n) is 13.3. The van der Waals surface area contributed by atoms with Gasteiger partial charge in [-0.05, 0) is 50.3 Å². The highest BCUT2D eigenvalue weighted by Gasteiger charge is 2.50. The molecule has 4 amide bonds. The molecule has 1 aromatic carbocycles. The molecule has 2 heterocycles. The summed E-state index contributed by atoms with van der Waals surface area (Å²) in [7, 11) is 0. The average molecular weight is 484 g/mol. The Hall–Kier alpha value is -2.77. The molecule has 2 aliphatic carbocycles.